The van der Waals surface area contributed by atoms with E-state index in [2.05, 4.69) is 18.7 Å². The zero-order valence-corrected chi connectivity index (χ0v) is 16.4. The van der Waals surface area contributed by atoms with Gasteiger partial charge >= 0.3 is 11.9 Å². The lowest BCUT2D eigenvalue weighted by atomic mass is 9.83. The molecule has 0 bridgehead atoms. The summed E-state index contributed by atoms with van der Waals surface area (Å²) in [6.07, 6.45) is 2.02. The maximum absolute atomic E-state index is 12.6. The van der Waals surface area contributed by atoms with Crippen LogP contribution < -0.4 is 5.73 Å². The fourth-order valence-corrected chi connectivity index (χ4v) is 3.68. The Hall–Kier alpha value is -2.46. The minimum Gasteiger partial charge on any atom is -0.478 e. The Kier molecular flexibility index (Phi) is 8.13. The molecule has 0 radical (unpaired) electrons. The molecular formula is C18H29N3O7. The summed E-state index contributed by atoms with van der Waals surface area (Å²) >= 11 is 0. The molecule has 3 atom stereocenters. The number of carboxylic acids is 2. The van der Waals surface area contributed by atoms with Crippen LogP contribution >= 0.6 is 0 Å². The van der Waals surface area contributed by atoms with Crippen LogP contribution in [0.1, 0.15) is 33.6 Å². The third-order valence-corrected chi connectivity index (χ3v) is 4.75. The maximum Gasteiger partial charge on any atom is 0.328 e. The van der Waals surface area contributed by atoms with Crippen molar-refractivity contribution >= 4 is 23.8 Å². The Morgan fingerprint density at radius 3 is 2.07 bits per heavy atom. The number of aliphatic hydroxyl groups excluding tert-OH is 1. The Labute approximate surface area is 163 Å². The van der Waals surface area contributed by atoms with Gasteiger partial charge in [0.1, 0.15) is 11.6 Å². The molecule has 0 aliphatic carbocycles. The van der Waals surface area contributed by atoms with Gasteiger partial charge in [-0.25, -0.2) is 9.59 Å². The first-order valence-corrected chi connectivity index (χ1v) is 9.09. The molecular weight excluding hydrogens is 370 g/mol. The van der Waals surface area contributed by atoms with Crippen LogP contribution in [-0.4, -0.2) is 86.2 Å². The Morgan fingerprint density at radius 2 is 1.71 bits per heavy atom. The number of primary amides is 1. The van der Waals surface area contributed by atoms with E-state index in [0.29, 0.717) is 24.6 Å². The molecule has 2 saturated heterocycles. The van der Waals surface area contributed by atoms with E-state index in [4.69, 9.17) is 15.9 Å². The molecule has 2 aliphatic heterocycles. The van der Waals surface area contributed by atoms with Crippen LogP contribution in [-0.2, 0) is 19.2 Å². The zero-order valence-electron chi connectivity index (χ0n) is 16.4. The molecule has 2 aliphatic rings. The predicted octanol–water partition coefficient (Wildman–Crippen LogP) is -0.734. The second-order valence-corrected chi connectivity index (χ2v) is 7.51. The van der Waals surface area contributed by atoms with Crippen molar-refractivity contribution in [2.24, 2.45) is 11.7 Å². The topological polar surface area (TPSA) is 161 Å². The van der Waals surface area contributed by atoms with Gasteiger partial charge in [-0.2, -0.15) is 0 Å². The summed E-state index contributed by atoms with van der Waals surface area (Å²) < 4.78 is 0. The van der Waals surface area contributed by atoms with E-state index in [-0.39, 0.29) is 5.91 Å². The van der Waals surface area contributed by atoms with Crippen molar-refractivity contribution in [2.45, 2.75) is 51.3 Å². The number of nitrogens with two attached hydrogens (primary N) is 1. The number of aliphatic hydroxyl groups is 1. The standard InChI is InChI=1S/C14H25N3O3.C4H4O4/c1-9(2)7-16-6-4-5-14(16)8-17(13(14)20)11(10(3)18)12(15)19;5-3(6)1-2-4(7)8/h9-11,18H,4-8H2,1-3H3,(H2,15,19);1-2H,(H,5,6)(H,7,8)/t10-,11+,14-;/m1./s1. The molecule has 2 heterocycles. The van der Waals surface area contributed by atoms with E-state index < -0.39 is 35.5 Å². The third kappa shape index (κ3) is 5.52. The zero-order chi connectivity index (χ0) is 21.6. The van der Waals surface area contributed by atoms with Gasteiger partial charge in [-0.1, -0.05) is 13.8 Å². The number of aliphatic carboxylic acids is 2. The van der Waals surface area contributed by atoms with Crippen LogP contribution in [0.25, 0.3) is 0 Å². The molecule has 158 valence electrons. The number of hydrogen-bond donors (Lipinski definition) is 4. The highest BCUT2D eigenvalue weighted by molar-refractivity contribution is 5.97. The van der Waals surface area contributed by atoms with Crippen molar-refractivity contribution in [1.29, 1.82) is 0 Å². The van der Waals surface area contributed by atoms with Gasteiger partial charge in [0.2, 0.25) is 11.8 Å². The number of carboxylic acid groups (broad SMARTS) is 2. The van der Waals surface area contributed by atoms with Gasteiger partial charge in [0, 0.05) is 25.2 Å². The van der Waals surface area contributed by atoms with Crippen LogP contribution in [0.2, 0.25) is 0 Å². The molecule has 2 fully saturated rings. The minimum atomic E-state index is -1.26. The average Bonchev–Trinajstić information content (AvgIpc) is 2.97. The number of hydrogen-bond acceptors (Lipinski definition) is 6. The molecule has 10 nitrogen and oxygen atoms in total. The van der Waals surface area contributed by atoms with Crippen LogP contribution in [0.15, 0.2) is 12.2 Å². The maximum atomic E-state index is 12.6. The Balaban J connectivity index is 0.000000416. The molecule has 1 spiro atoms. The van der Waals surface area contributed by atoms with E-state index in [9.17, 15) is 24.3 Å². The van der Waals surface area contributed by atoms with E-state index in [0.717, 1.165) is 25.9 Å². The van der Waals surface area contributed by atoms with Crippen molar-refractivity contribution in [3.63, 3.8) is 0 Å². The summed E-state index contributed by atoms with van der Waals surface area (Å²) in [6.45, 7) is 8.07. The van der Waals surface area contributed by atoms with Crippen LogP contribution in [0.3, 0.4) is 0 Å². The Morgan fingerprint density at radius 1 is 1.18 bits per heavy atom. The van der Waals surface area contributed by atoms with Gasteiger partial charge in [0.25, 0.3) is 0 Å². The molecule has 0 aromatic carbocycles. The highest BCUT2D eigenvalue weighted by Crippen LogP contribution is 2.40. The SMILES string of the molecule is CC(C)CN1CCC[C@]12CN([C@H](C(N)=O)[C@@H](C)O)C2=O.O=C(O)C=CC(=O)O. The van der Waals surface area contributed by atoms with Gasteiger partial charge in [-0.05, 0) is 32.2 Å². The summed E-state index contributed by atoms with van der Waals surface area (Å²) in [7, 11) is 0. The van der Waals surface area contributed by atoms with Gasteiger partial charge in [-0.15, -0.1) is 0 Å². The lowest BCUT2D eigenvalue weighted by Gasteiger charge is -2.54. The van der Waals surface area contributed by atoms with E-state index in [1.807, 2.05) is 0 Å². The first-order chi connectivity index (χ1) is 12.9. The highest BCUT2D eigenvalue weighted by atomic mass is 16.4. The highest BCUT2D eigenvalue weighted by Gasteiger charge is 2.60. The summed E-state index contributed by atoms with van der Waals surface area (Å²) in [5.41, 5.74) is 4.85. The largest absolute Gasteiger partial charge is 0.478 e. The van der Waals surface area contributed by atoms with Crippen molar-refractivity contribution in [3.8, 4) is 0 Å². The molecule has 0 unspecified atom stereocenters. The predicted molar refractivity (Wildman–Crippen MR) is 99.2 cm³/mol. The molecule has 10 heteroatoms. The average molecular weight is 399 g/mol. The fourth-order valence-electron chi connectivity index (χ4n) is 3.68. The third-order valence-electron chi connectivity index (χ3n) is 4.75. The lowest BCUT2D eigenvalue weighted by molar-refractivity contribution is -0.172. The van der Waals surface area contributed by atoms with Crippen LogP contribution in [0.5, 0.6) is 0 Å². The monoisotopic (exact) mass is 399 g/mol. The second kappa shape index (κ2) is 9.65. The second-order valence-electron chi connectivity index (χ2n) is 7.51. The molecule has 2 rings (SSSR count). The van der Waals surface area contributed by atoms with Crippen molar-refractivity contribution in [3.05, 3.63) is 12.2 Å². The van der Waals surface area contributed by atoms with Crippen LogP contribution in [0, 0.1) is 5.92 Å². The van der Waals surface area contributed by atoms with E-state index in [1.165, 1.54) is 11.8 Å². The number of amides is 2. The van der Waals surface area contributed by atoms with Crippen molar-refractivity contribution < 1.29 is 34.5 Å². The quantitative estimate of drug-likeness (QED) is 0.322. The molecule has 2 amide bonds. The number of β-lactam (4-membered cyclic amide) rings is 1. The number of likely N-dealkylation sites (tertiary alicyclic amines) is 2. The molecule has 0 aromatic heterocycles. The molecule has 5 N–H and O–H groups in total. The number of rotatable bonds is 7. The van der Waals surface area contributed by atoms with Gasteiger partial charge in [0.05, 0.1) is 6.10 Å². The number of carbonyl (C=O) groups excluding carboxylic acids is 2. The summed E-state index contributed by atoms with van der Waals surface area (Å²) in [5, 5.41) is 25.3. The fraction of sp³-hybridized carbons (Fsp3) is 0.667. The van der Waals surface area contributed by atoms with Crippen molar-refractivity contribution in [2.75, 3.05) is 19.6 Å². The van der Waals surface area contributed by atoms with E-state index >= 15 is 0 Å². The number of carbonyl (C=O) groups is 4. The normalized spacial score (nSPS) is 24.0. The van der Waals surface area contributed by atoms with Gasteiger partial charge < -0.3 is 26.0 Å². The first kappa shape index (κ1) is 23.6. The molecule has 0 saturated carbocycles. The summed E-state index contributed by atoms with van der Waals surface area (Å²) in [6, 6.07) is -0.908. The van der Waals surface area contributed by atoms with E-state index in [1.54, 1.807) is 0 Å². The minimum absolute atomic E-state index is 0.0552. The Bertz CT molecular complexity index is 631. The molecule has 0 aromatic rings. The summed E-state index contributed by atoms with van der Waals surface area (Å²) in [5.74, 6) is -2.72. The van der Waals surface area contributed by atoms with Gasteiger partial charge in [0.15, 0.2) is 0 Å². The van der Waals surface area contributed by atoms with Crippen LogP contribution in [0.4, 0.5) is 0 Å². The number of nitrogens with zero attached hydrogens (tertiary/aromatic N) is 2. The smallest absolute Gasteiger partial charge is 0.328 e. The molecule has 28 heavy (non-hydrogen) atoms. The van der Waals surface area contributed by atoms with Gasteiger partial charge in [-0.3, -0.25) is 14.5 Å². The lowest BCUT2D eigenvalue weighted by Crippen LogP contribution is -2.76. The van der Waals surface area contributed by atoms with Crippen molar-refractivity contribution in [1.82, 2.24) is 9.80 Å². The first-order valence-electron chi connectivity index (χ1n) is 9.09. The summed E-state index contributed by atoms with van der Waals surface area (Å²) in [4.78, 5) is 46.8.